The molecule has 3 rings (SSSR count). The number of carbonyl (C=O) groups excluding carboxylic acids is 1. The third kappa shape index (κ3) is 3.44. The zero-order valence-corrected chi connectivity index (χ0v) is 14.9. The Labute approximate surface area is 146 Å². The lowest BCUT2D eigenvalue weighted by Gasteiger charge is -2.30. The molecule has 0 bridgehead atoms. The number of rotatable bonds is 5. The molecule has 1 aliphatic heterocycles. The number of ether oxygens (including phenoxy) is 1. The van der Waals surface area contributed by atoms with Crippen LogP contribution in [0.5, 0.6) is 0 Å². The number of nitrogen functional groups attached to an aromatic ring is 1. The monoisotopic (exact) mass is 345 g/mol. The minimum atomic E-state index is -0.0284. The molecule has 1 amide bonds. The average Bonchev–Trinajstić information content (AvgIpc) is 3.03. The van der Waals surface area contributed by atoms with E-state index < -0.39 is 0 Å². The minimum absolute atomic E-state index is 0.0284. The van der Waals surface area contributed by atoms with E-state index in [1.807, 2.05) is 42.3 Å². The van der Waals surface area contributed by atoms with Crippen molar-refractivity contribution in [1.82, 2.24) is 4.98 Å². The molecule has 0 radical (unpaired) electrons. The van der Waals surface area contributed by atoms with Crippen LogP contribution in [0.3, 0.4) is 0 Å². The molecule has 0 saturated carbocycles. The van der Waals surface area contributed by atoms with Crippen molar-refractivity contribution < 1.29 is 9.53 Å². The number of aromatic nitrogens is 1. The van der Waals surface area contributed by atoms with E-state index in [2.05, 4.69) is 4.98 Å². The van der Waals surface area contributed by atoms with Crippen LogP contribution in [-0.4, -0.2) is 24.0 Å². The number of benzene rings is 1. The zero-order chi connectivity index (χ0) is 17.1. The predicted octanol–water partition coefficient (Wildman–Crippen LogP) is 3.34. The molecule has 1 aromatic heterocycles. The Bertz CT molecular complexity index is 729. The Morgan fingerprint density at radius 3 is 3.12 bits per heavy atom. The fourth-order valence-electron chi connectivity index (χ4n) is 3.07. The topological polar surface area (TPSA) is 68.5 Å². The summed E-state index contributed by atoms with van der Waals surface area (Å²) in [7, 11) is 0. The van der Waals surface area contributed by atoms with Gasteiger partial charge >= 0.3 is 0 Å². The van der Waals surface area contributed by atoms with Gasteiger partial charge in [0.15, 0.2) is 0 Å². The van der Waals surface area contributed by atoms with Crippen molar-refractivity contribution in [2.75, 3.05) is 23.8 Å². The van der Waals surface area contributed by atoms with Crippen LogP contribution < -0.4 is 10.6 Å². The summed E-state index contributed by atoms with van der Waals surface area (Å²) in [5.41, 5.74) is 9.67. The van der Waals surface area contributed by atoms with Crippen LogP contribution >= 0.6 is 11.3 Å². The zero-order valence-electron chi connectivity index (χ0n) is 14.1. The van der Waals surface area contributed by atoms with Gasteiger partial charge in [-0.3, -0.25) is 4.79 Å². The lowest BCUT2D eigenvalue weighted by Crippen LogP contribution is -2.36. The first-order valence-electron chi connectivity index (χ1n) is 8.33. The third-order valence-corrected chi connectivity index (χ3v) is 5.31. The maximum Gasteiger partial charge on any atom is 0.233 e. The van der Waals surface area contributed by atoms with Crippen LogP contribution in [0.25, 0.3) is 0 Å². The van der Waals surface area contributed by atoms with Gasteiger partial charge in [-0.2, -0.15) is 0 Å². The van der Waals surface area contributed by atoms with Crippen molar-refractivity contribution in [2.24, 2.45) is 0 Å². The maximum absolute atomic E-state index is 12.8. The molecular weight excluding hydrogens is 322 g/mol. The Hall–Kier alpha value is -1.92. The molecule has 0 saturated heterocycles. The molecule has 1 aromatic carbocycles. The fraction of sp³-hybridized carbons (Fsp3) is 0.444. The smallest absolute Gasteiger partial charge is 0.233 e. The third-order valence-electron chi connectivity index (χ3n) is 4.25. The molecule has 2 heterocycles. The highest BCUT2D eigenvalue weighted by Gasteiger charge is 2.24. The number of hydrogen-bond acceptors (Lipinski definition) is 5. The number of amides is 1. The van der Waals surface area contributed by atoms with Crippen molar-refractivity contribution >= 4 is 28.6 Å². The Kier molecular flexibility index (Phi) is 5.16. The normalized spacial score (nSPS) is 15.2. The molecule has 0 fully saturated rings. The van der Waals surface area contributed by atoms with Gasteiger partial charge in [0.05, 0.1) is 12.1 Å². The second kappa shape index (κ2) is 7.32. The molecule has 2 aromatic rings. The Balaban J connectivity index is 1.74. The number of hydrogen-bond donors (Lipinski definition) is 1. The first-order valence-corrected chi connectivity index (χ1v) is 9.21. The van der Waals surface area contributed by atoms with Gasteiger partial charge in [-0.15, -0.1) is 11.3 Å². The van der Waals surface area contributed by atoms with Gasteiger partial charge < -0.3 is 15.4 Å². The van der Waals surface area contributed by atoms with E-state index in [0.717, 1.165) is 47.0 Å². The van der Waals surface area contributed by atoms with E-state index in [0.29, 0.717) is 13.0 Å². The second-order valence-corrected chi connectivity index (χ2v) is 6.83. The van der Waals surface area contributed by atoms with Crippen molar-refractivity contribution in [3.8, 4) is 0 Å². The van der Waals surface area contributed by atoms with E-state index in [-0.39, 0.29) is 12.0 Å². The van der Waals surface area contributed by atoms with Crippen molar-refractivity contribution in [3.05, 3.63) is 39.8 Å². The molecule has 1 aliphatic rings. The average molecular weight is 345 g/mol. The predicted molar refractivity (Wildman–Crippen MR) is 97.4 cm³/mol. The Morgan fingerprint density at radius 1 is 1.50 bits per heavy atom. The summed E-state index contributed by atoms with van der Waals surface area (Å²) in [6.45, 7) is 5.34. The van der Waals surface area contributed by atoms with Gasteiger partial charge in [-0.25, -0.2) is 4.98 Å². The van der Waals surface area contributed by atoms with Crippen molar-refractivity contribution in [3.63, 3.8) is 0 Å². The van der Waals surface area contributed by atoms with Crippen LogP contribution in [0, 0.1) is 0 Å². The number of carbonyl (C=O) groups is 1. The number of nitrogens with zero attached hydrogens (tertiary/aromatic N) is 2. The van der Waals surface area contributed by atoms with E-state index in [1.54, 1.807) is 11.3 Å². The van der Waals surface area contributed by atoms with Crippen LogP contribution in [0.2, 0.25) is 0 Å². The van der Waals surface area contributed by atoms with Gasteiger partial charge in [0.1, 0.15) is 11.1 Å². The highest BCUT2D eigenvalue weighted by atomic mass is 32.1. The van der Waals surface area contributed by atoms with Gasteiger partial charge in [0.2, 0.25) is 5.91 Å². The fourth-order valence-corrected chi connectivity index (χ4v) is 3.90. The number of nitrogens with two attached hydrogens (primary N) is 1. The quantitative estimate of drug-likeness (QED) is 0.844. The van der Waals surface area contributed by atoms with Crippen molar-refractivity contribution in [1.29, 1.82) is 0 Å². The molecule has 0 aliphatic carbocycles. The number of anilines is 2. The minimum Gasteiger partial charge on any atom is -0.398 e. The summed E-state index contributed by atoms with van der Waals surface area (Å²) >= 11 is 1.55. The first-order chi connectivity index (χ1) is 11.6. The molecule has 0 spiro atoms. The molecule has 6 heteroatoms. The van der Waals surface area contributed by atoms with Crippen molar-refractivity contribution in [2.45, 2.75) is 39.2 Å². The molecule has 1 unspecified atom stereocenters. The number of fused-ring (bicyclic) bond motifs is 1. The largest absolute Gasteiger partial charge is 0.398 e. The highest BCUT2D eigenvalue weighted by Crippen LogP contribution is 2.31. The Morgan fingerprint density at radius 2 is 2.33 bits per heavy atom. The van der Waals surface area contributed by atoms with Gasteiger partial charge in [-0.1, -0.05) is 6.07 Å². The van der Waals surface area contributed by atoms with E-state index in [4.69, 9.17) is 10.5 Å². The van der Waals surface area contributed by atoms with Gasteiger partial charge in [-0.05, 0) is 44.4 Å². The summed E-state index contributed by atoms with van der Waals surface area (Å²) in [4.78, 5) is 19.2. The molecule has 2 N–H and O–H groups in total. The summed E-state index contributed by atoms with van der Waals surface area (Å²) in [5.74, 6) is 0.0717. The maximum atomic E-state index is 12.8. The van der Waals surface area contributed by atoms with Crippen LogP contribution in [-0.2, 0) is 22.4 Å². The molecule has 1 atom stereocenters. The van der Waals surface area contributed by atoms with E-state index >= 15 is 0 Å². The summed E-state index contributed by atoms with van der Waals surface area (Å²) < 4.78 is 5.56. The van der Waals surface area contributed by atoms with Gasteiger partial charge in [0.25, 0.3) is 0 Å². The van der Waals surface area contributed by atoms with Crippen LogP contribution in [0.4, 0.5) is 11.4 Å². The summed E-state index contributed by atoms with van der Waals surface area (Å²) in [6.07, 6.45) is 2.15. The molecule has 128 valence electrons. The standard InChI is InChI=1S/C18H23N3O2S/c1-3-23-12(2)18-20-13(11-24-18)10-17(22)21-9-5-6-14-15(19)7-4-8-16(14)21/h4,7-8,11-12H,3,5-6,9-10,19H2,1-2H3. The summed E-state index contributed by atoms with van der Waals surface area (Å²) in [6, 6.07) is 5.78. The summed E-state index contributed by atoms with van der Waals surface area (Å²) in [5, 5.41) is 2.87. The molecular formula is C18H23N3O2S. The first kappa shape index (κ1) is 16.9. The highest BCUT2D eigenvalue weighted by molar-refractivity contribution is 7.09. The van der Waals surface area contributed by atoms with Crippen LogP contribution in [0.1, 0.15) is 42.6 Å². The molecule has 24 heavy (non-hydrogen) atoms. The SMILES string of the molecule is CCOC(C)c1nc(CC(=O)N2CCCc3c(N)cccc32)cs1. The van der Waals surface area contributed by atoms with Crippen LogP contribution in [0.15, 0.2) is 23.6 Å². The van der Waals surface area contributed by atoms with E-state index in [9.17, 15) is 4.79 Å². The van der Waals surface area contributed by atoms with Gasteiger partial charge in [0, 0.05) is 29.9 Å². The lowest BCUT2D eigenvalue weighted by molar-refractivity contribution is -0.118. The molecule has 5 nitrogen and oxygen atoms in total. The second-order valence-electron chi connectivity index (χ2n) is 5.95. The van der Waals surface area contributed by atoms with E-state index in [1.165, 1.54) is 0 Å². The number of thiazole rings is 1. The lowest BCUT2D eigenvalue weighted by atomic mass is 9.99.